The summed E-state index contributed by atoms with van der Waals surface area (Å²) < 4.78 is 13.3. The molecule has 0 aliphatic carbocycles. The summed E-state index contributed by atoms with van der Waals surface area (Å²) >= 11 is 0. The van der Waals surface area contributed by atoms with E-state index in [0.29, 0.717) is 11.6 Å². The summed E-state index contributed by atoms with van der Waals surface area (Å²) in [7, 11) is 0. The topological polar surface area (TPSA) is 36.4 Å². The highest BCUT2D eigenvalue weighted by molar-refractivity contribution is 5.93. The standard InChI is InChI=1S/C20H22FN3O/c21-18-11-17(12-22-13-18)20(25)23-9-6-19(7-10-23)24-8-5-15-3-1-2-4-16(15)14-24/h1-4,11-13,19H,5-10,14H2. The third kappa shape index (κ3) is 3.42. The zero-order valence-corrected chi connectivity index (χ0v) is 14.2. The molecule has 130 valence electrons. The van der Waals surface area contributed by atoms with Crippen LogP contribution in [0.3, 0.4) is 0 Å². The number of piperidine rings is 1. The number of likely N-dealkylation sites (tertiary alicyclic amines) is 1. The third-order valence-corrected chi connectivity index (χ3v) is 5.38. The molecule has 1 saturated heterocycles. The third-order valence-electron chi connectivity index (χ3n) is 5.38. The Morgan fingerprint density at radius 3 is 2.60 bits per heavy atom. The fraction of sp³-hybridized carbons (Fsp3) is 0.400. The molecule has 1 fully saturated rings. The molecule has 0 unspecified atom stereocenters. The van der Waals surface area contributed by atoms with Crippen LogP contribution in [0.4, 0.5) is 4.39 Å². The van der Waals surface area contributed by atoms with Crippen LogP contribution in [0.5, 0.6) is 0 Å². The van der Waals surface area contributed by atoms with Gasteiger partial charge >= 0.3 is 0 Å². The second-order valence-corrected chi connectivity index (χ2v) is 6.90. The van der Waals surface area contributed by atoms with Crippen LogP contribution in [0.15, 0.2) is 42.7 Å². The Kier molecular flexibility index (Phi) is 4.49. The van der Waals surface area contributed by atoms with Crippen molar-refractivity contribution in [2.75, 3.05) is 19.6 Å². The molecule has 0 atom stereocenters. The summed E-state index contributed by atoms with van der Waals surface area (Å²) in [6, 6.07) is 10.4. The number of benzene rings is 1. The van der Waals surface area contributed by atoms with E-state index in [-0.39, 0.29) is 5.91 Å². The molecule has 2 aromatic rings. The molecule has 0 saturated carbocycles. The number of hydrogen-bond acceptors (Lipinski definition) is 3. The van der Waals surface area contributed by atoms with Crippen molar-refractivity contribution >= 4 is 5.91 Å². The Labute approximate surface area is 147 Å². The quantitative estimate of drug-likeness (QED) is 0.844. The average Bonchev–Trinajstić information content (AvgIpc) is 2.67. The van der Waals surface area contributed by atoms with Gasteiger partial charge in [-0.05, 0) is 36.5 Å². The molecule has 5 heteroatoms. The molecule has 0 bridgehead atoms. The normalized spacial score (nSPS) is 18.8. The van der Waals surface area contributed by atoms with Gasteiger partial charge in [0.25, 0.3) is 5.91 Å². The number of rotatable bonds is 2. The lowest BCUT2D eigenvalue weighted by Gasteiger charge is -2.40. The van der Waals surface area contributed by atoms with Crippen LogP contribution in [-0.4, -0.2) is 46.4 Å². The molecule has 0 spiro atoms. The van der Waals surface area contributed by atoms with E-state index in [2.05, 4.69) is 34.1 Å². The van der Waals surface area contributed by atoms with Crippen LogP contribution in [-0.2, 0) is 13.0 Å². The molecule has 4 nitrogen and oxygen atoms in total. The molecular formula is C20H22FN3O. The van der Waals surface area contributed by atoms with Gasteiger partial charge < -0.3 is 4.90 Å². The first-order chi connectivity index (χ1) is 12.2. The van der Waals surface area contributed by atoms with Gasteiger partial charge in [0, 0.05) is 38.4 Å². The number of halogens is 1. The van der Waals surface area contributed by atoms with Crippen molar-refractivity contribution in [3.05, 3.63) is 65.2 Å². The Morgan fingerprint density at radius 1 is 1.08 bits per heavy atom. The number of fused-ring (bicyclic) bond motifs is 1. The molecule has 1 aromatic heterocycles. The van der Waals surface area contributed by atoms with E-state index < -0.39 is 5.82 Å². The minimum absolute atomic E-state index is 0.116. The summed E-state index contributed by atoms with van der Waals surface area (Å²) in [5, 5.41) is 0. The molecule has 1 amide bonds. The van der Waals surface area contributed by atoms with Crippen LogP contribution in [0.1, 0.15) is 34.3 Å². The molecule has 4 rings (SSSR count). The Balaban J connectivity index is 1.37. The highest BCUT2D eigenvalue weighted by Gasteiger charge is 2.29. The predicted octanol–water partition coefficient (Wildman–Crippen LogP) is 2.88. The van der Waals surface area contributed by atoms with Gasteiger partial charge in [-0.3, -0.25) is 14.7 Å². The van der Waals surface area contributed by atoms with Crippen LogP contribution < -0.4 is 0 Å². The zero-order chi connectivity index (χ0) is 17.2. The Morgan fingerprint density at radius 2 is 1.84 bits per heavy atom. The first kappa shape index (κ1) is 16.2. The molecule has 1 aromatic carbocycles. The van der Waals surface area contributed by atoms with E-state index in [0.717, 1.165) is 51.6 Å². The highest BCUT2D eigenvalue weighted by Crippen LogP contribution is 2.25. The lowest BCUT2D eigenvalue weighted by atomic mass is 9.95. The van der Waals surface area contributed by atoms with E-state index >= 15 is 0 Å². The van der Waals surface area contributed by atoms with E-state index in [4.69, 9.17) is 0 Å². The summed E-state index contributed by atoms with van der Waals surface area (Å²) in [5.74, 6) is -0.581. The van der Waals surface area contributed by atoms with Crippen molar-refractivity contribution in [3.63, 3.8) is 0 Å². The van der Waals surface area contributed by atoms with Crippen molar-refractivity contribution in [3.8, 4) is 0 Å². The molecule has 3 heterocycles. The number of carbonyl (C=O) groups is 1. The van der Waals surface area contributed by atoms with Gasteiger partial charge in [0.15, 0.2) is 0 Å². The fourth-order valence-corrected chi connectivity index (χ4v) is 3.97. The van der Waals surface area contributed by atoms with Crippen LogP contribution >= 0.6 is 0 Å². The second kappa shape index (κ2) is 6.92. The van der Waals surface area contributed by atoms with E-state index in [1.54, 1.807) is 0 Å². The smallest absolute Gasteiger partial charge is 0.255 e. The molecule has 0 N–H and O–H groups in total. The van der Waals surface area contributed by atoms with Crippen molar-refractivity contribution in [2.45, 2.75) is 31.8 Å². The zero-order valence-electron chi connectivity index (χ0n) is 14.2. The number of amides is 1. The van der Waals surface area contributed by atoms with Gasteiger partial charge in [0.05, 0.1) is 11.8 Å². The number of pyridine rings is 1. The van der Waals surface area contributed by atoms with E-state index in [9.17, 15) is 9.18 Å². The molecule has 2 aliphatic heterocycles. The average molecular weight is 339 g/mol. The number of carbonyl (C=O) groups excluding carboxylic acids is 1. The van der Waals surface area contributed by atoms with Gasteiger partial charge in [-0.2, -0.15) is 0 Å². The summed E-state index contributed by atoms with van der Waals surface area (Å²) in [5.41, 5.74) is 3.23. The van der Waals surface area contributed by atoms with Crippen molar-refractivity contribution in [2.24, 2.45) is 0 Å². The molecule has 25 heavy (non-hydrogen) atoms. The summed E-state index contributed by atoms with van der Waals surface area (Å²) in [6.45, 7) is 3.53. The van der Waals surface area contributed by atoms with Crippen molar-refractivity contribution in [1.82, 2.24) is 14.8 Å². The first-order valence-corrected chi connectivity index (χ1v) is 8.91. The van der Waals surface area contributed by atoms with Crippen molar-refractivity contribution < 1.29 is 9.18 Å². The number of aromatic nitrogens is 1. The predicted molar refractivity (Wildman–Crippen MR) is 93.7 cm³/mol. The maximum Gasteiger partial charge on any atom is 0.255 e. The van der Waals surface area contributed by atoms with Gasteiger partial charge in [-0.1, -0.05) is 24.3 Å². The molecule has 0 radical (unpaired) electrons. The Hall–Kier alpha value is -2.27. The second-order valence-electron chi connectivity index (χ2n) is 6.90. The summed E-state index contributed by atoms with van der Waals surface area (Å²) in [6.07, 6.45) is 5.61. The molecule has 2 aliphatic rings. The minimum atomic E-state index is -0.465. The number of hydrogen-bond donors (Lipinski definition) is 0. The summed E-state index contributed by atoms with van der Waals surface area (Å²) in [4.78, 5) is 20.7. The maximum absolute atomic E-state index is 13.3. The SMILES string of the molecule is O=C(c1cncc(F)c1)N1CCC(N2CCc3ccccc3C2)CC1. The van der Waals surface area contributed by atoms with Crippen molar-refractivity contribution in [1.29, 1.82) is 0 Å². The Bertz CT molecular complexity index is 771. The monoisotopic (exact) mass is 339 g/mol. The van der Waals surface area contributed by atoms with Gasteiger partial charge in [0.2, 0.25) is 0 Å². The fourth-order valence-electron chi connectivity index (χ4n) is 3.97. The van der Waals surface area contributed by atoms with Crippen LogP contribution in [0, 0.1) is 5.82 Å². The lowest BCUT2D eigenvalue weighted by Crippen LogP contribution is -2.48. The lowest BCUT2D eigenvalue weighted by molar-refractivity contribution is 0.0598. The van der Waals surface area contributed by atoms with Gasteiger partial charge in [-0.15, -0.1) is 0 Å². The minimum Gasteiger partial charge on any atom is -0.338 e. The van der Waals surface area contributed by atoms with E-state index in [1.807, 2.05) is 4.90 Å². The van der Waals surface area contributed by atoms with E-state index in [1.165, 1.54) is 23.4 Å². The highest BCUT2D eigenvalue weighted by atomic mass is 19.1. The maximum atomic E-state index is 13.3. The van der Waals surface area contributed by atoms with Crippen LogP contribution in [0.25, 0.3) is 0 Å². The van der Waals surface area contributed by atoms with Crippen LogP contribution in [0.2, 0.25) is 0 Å². The first-order valence-electron chi connectivity index (χ1n) is 8.91. The largest absolute Gasteiger partial charge is 0.338 e. The van der Waals surface area contributed by atoms with Gasteiger partial charge in [-0.25, -0.2) is 4.39 Å². The number of nitrogens with zero attached hydrogens (tertiary/aromatic N) is 3. The molecular weight excluding hydrogens is 317 g/mol. The van der Waals surface area contributed by atoms with Gasteiger partial charge in [0.1, 0.15) is 5.82 Å².